The maximum absolute atomic E-state index is 13.0. The number of benzene rings is 1. The van der Waals surface area contributed by atoms with Crippen LogP contribution in [0.15, 0.2) is 18.2 Å². The van der Waals surface area contributed by atoms with Gasteiger partial charge in [0.15, 0.2) is 0 Å². The molecule has 0 radical (unpaired) electrons. The number of alkyl halides is 3. The fourth-order valence-electron chi connectivity index (χ4n) is 2.02. The van der Waals surface area contributed by atoms with Crippen LogP contribution in [0.3, 0.4) is 0 Å². The molecule has 0 bridgehead atoms. The van der Waals surface area contributed by atoms with E-state index in [4.69, 9.17) is 15.6 Å². The molecule has 1 aromatic rings. The van der Waals surface area contributed by atoms with Crippen LogP contribution < -0.4 is 5.73 Å². The summed E-state index contributed by atoms with van der Waals surface area (Å²) in [5.41, 5.74) is 7.40. The predicted octanol–water partition coefficient (Wildman–Crippen LogP) is 1.69. The van der Waals surface area contributed by atoms with E-state index in [1.165, 1.54) is 6.07 Å². The number of carbonyl (C=O) groups is 2. The average molecular weight is 336 g/mol. The third-order valence-corrected chi connectivity index (χ3v) is 3.13. The fourth-order valence-corrected chi connectivity index (χ4v) is 2.02. The molecule has 1 aromatic carbocycles. The van der Waals surface area contributed by atoms with E-state index in [1.807, 2.05) is 0 Å². The van der Waals surface area contributed by atoms with Crippen molar-refractivity contribution in [3.8, 4) is 0 Å². The molecule has 0 unspecified atom stereocenters. The van der Waals surface area contributed by atoms with E-state index in [9.17, 15) is 22.4 Å². The molecule has 0 fully saturated rings. The minimum Gasteiger partial charge on any atom is -0.475 e. The van der Waals surface area contributed by atoms with Gasteiger partial charge < -0.3 is 15.7 Å². The van der Waals surface area contributed by atoms with Gasteiger partial charge >= 0.3 is 12.1 Å². The third-order valence-electron chi connectivity index (χ3n) is 3.13. The molecule has 0 saturated heterocycles. The molecule has 1 heterocycles. The topological polar surface area (TPSA) is 83.6 Å². The van der Waals surface area contributed by atoms with Gasteiger partial charge in [-0.15, -0.1) is 0 Å². The number of rotatable bonds is 2. The molecule has 1 amide bonds. The second kappa shape index (κ2) is 7.91. The Morgan fingerprint density at radius 3 is 2.39 bits per heavy atom. The number of carboxylic acid groups (broad SMARTS) is 1. The van der Waals surface area contributed by atoms with Gasteiger partial charge in [-0.25, -0.2) is 9.18 Å². The van der Waals surface area contributed by atoms with Crippen molar-refractivity contribution in [3.05, 3.63) is 35.1 Å². The number of fused-ring (bicyclic) bond motifs is 1. The van der Waals surface area contributed by atoms with Crippen LogP contribution in [0, 0.1) is 5.82 Å². The van der Waals surface area contributed by atoms with Gasteiger partial charge in [0, 0.05) is 26.1 Å². The lowest BCUT2D eigenvalue weighted by Gasteiger charge is -2.28. The van der Waals surface area contributed by atoms with Crippen molar-refractivity contribution in [2.24, 2.45) is 5.73 Å². The third kappa shape index (κ3) is 5.85. The zero-order valence-electron chi connectivity index (χ0n) is 12.1. The monoisotopic (exact) mass is 336 g/mol. The van der Waals surface area contributed by atoms with Gasteiger partial charge in [-0.1, -0.05) is 6.07 Å². The summed E-state index contributed by atoms with van der Waals surface area (Å²) in [6, 6.07) is 4.75. The molecule has 0 saturated carbocycles. The van der Waals surface area contributed by atoms with E-state index >= 15 is 0 Å². The predicted molar refractivity (Wildman–Crippen MR) is 72.9 cm³/mol. The highest BCUT2D eigenvalue weighted by molar-refractivity contribution is 5.76. The number of carboxylic acids is 1. The van der Waals surface area contributed by atoms with Crippen LogP contribution in [0.5, 0.6) is 0 Å². The number of aliphatic carboxylic acids is 1. The van der Waals surface area contributed by atoms with Gasteiger partial charge in [-0.2, -0.15) is 13.2 Å². The van der Waals surface area contributed by atoms with Crippen LogP contribution in [0.2, 0.25) is 0 Å². The van der Waals surface area contributed by atoms with Crippen molar-refractivity contribution >= 4 is 11.9 Å². The summed E-state index contributed by atoms with van der Waals surface area (Å²) in [5, 5.41) is 7.12. The first-order valence-electron chi connectivity index (χ1n) is 6.70. The summed E-state index contributed by atoms with van der Waals surface area (Å²) in [6.07, 6.45) is -3.97. The summed E-state index contributed by atoms with van der Waals surface area (Å²) in [4.78, 5) is 22.3. The highest BCUT2D eigenvalue weighted by atomic mass is 19.4. The van der Waals surface area contributed by atoms with Gasteiger partial charge in [0.25, 0.3) is 0 Å². The van der Waals surface area contributed by atoms with E-state index < -0.39 is 12.1 Å². The van der Waals surface area contributed by atoms with E-state index in [2.05, 4.69) is 0 Å². The summed E-state index contributed by atoms with van der Waals surface area (Å²) < 4.78 is 44.7. The molecule has 23 heavy (non-hydrogen) atoms. The summed E-state index contributed by atoms with van der Waals surface area (Å²) in [5.74, 6) is -2.88. The zero-order valence-corrected chi connectivity index (χ0v) is 12.1. The van der Waals surface area contributed by atoms with Gasteiger partial charge in [0.2, 0.25) is 5.91 Å². The molecule has 3 N–H and O–H groups in total. The Morgan fingerprint density at radius 1 is 1.26 bits per heavy atom. The normalized spacial score (nSPS) is 13.7. The van der Waals surface area contributed by atoms with Crippen LogP contribution >= 0.6 is 0 Å². The maximum Gasteiger partial charge on any atom is 0.490 e. The van der Waals surface area contributed by atoms with Gasteiger partial charge in [0.05, 0.1) is 0 Å². The number of nitrogens with zero attached hydrogens (tertiary/aromatic N) is 1. The number of halogens is 4. The molecule has 0 aromatic heterocycles. The molecular formula is C14H16F4N2O3. The minimum absolute atomic E-state index is 0.0810. The second-order valence-corrected chi connectivity index (χ2v) is 4.82. The number of nitrogens with two attached hydrogens (primary N) is 1. The summed E-state index contributed by atoms with van der Waals surface area (Å²) in [7, 11) is 0. The maximum atomic E-state index is 13.0. The van der Waals surface area contributed by atoms with Crippen LogP contribution in [-0.2, 0) is 22.6 Å². The quantitative estimate of drug-likeness (QED) is 0.805. The molecule has 0 atom stereocenters. The van der Waals surface area contributed by atoms with E-state index in [0.29, 0.717) is 26.1 Å². The second-order valence-electron chi connectivity index (χ2n) is 4.82. The Morgan fingerprint density at radius 2 is 1.87 bits per heavy atom. The minimum atomic E-state index is -5.08. The number of amides is 1. The molecule has 0 aliphatic carbocycles. The van der Waals surface area contributed by atoms with Crippen LogP contribution in [-0.4, -0.2) is 41.1 Å². The first-order valence-corrected chi connectivity index (χ1v) is 6.70. The highest BCUT2D eigenvalue weighted by Gasteiger charge is 2.38. The lowest BCUT2D eigenvalue weighted by molar-refractivity contribution is -0.192. The van der Waals surface area contributed by atoms with Crippen molar-refractivity contribution in [1.82, 2.24) is 4.90 Å². The number of hydrogen-bond acceptors (Lipinski definition) is 3. The molecule has 1 aliphatic rings. The van der Waals surface area contributed by atoms with Gasteiger partial charge in [-0.3, -0.25) is 4.79 Å². The SMILES string of the molecule is NCCC(=O)N1CCc2cc(F)ccc2C1.O=C(O)C(F)(F)F. The number of hydrogen-bond donors (Lipinski definition) is 2. The van der Waals surface area contributed by atoms with Crippen LogP contribution in [0.1, 0.15) is 17.5 Å². The average Bonchev–Trinajstić information content (AvgIpc) is 2.46. The smallest absolute Gasteiger partial charge is 0.475 e. The zero-order chi connectivity index (χ0) is 17.6. The summed E-state index contributed by atoms with van der Waals surface area (Å²) in [6.45, 7) is 1.62. The molecular weight excluding hydrogens is 320 g/mol. The van der Waals surface area contributed by atoms with Crippen molar-refractivity contribution in [2.45, 2.75) is 25.6 Å². The van der Waals surface area contributed by atoms with Gasteiger partial charge in [-0.05, 0) is 29.7 Å². The molecule has 2 rings (SSSR count). The Kier molecular flexibility index (Phi) is 6.49. The lowest BCUT2D eigenvalue weighted by atomic mass is 9.99. The molecule has 1 aliphatic heterocycles. The van der Waals surface area contributed by atoms with Gasteiger partial charge in [0.1, 0.15) is 5.82 Å². The molecule has 128 valence electrons. The van der Waals surface area contributed by atoms with Crippen molar-refractivity contribution in [1.29, 1.82) is 0 Å². The van der Waals surface area contributed by atoms with E-state index in [-0.39, 0.29) is 11.7 Å². The standard InChI is InChI=1S/C12H15FN2O.C2HF3O2/c13-11-2-1-10-8-15(12(16)3-5-14)6-4-9(10)7-11;3-2(4,5)1(6)7/h1-2,7H,3-6,8,14H2;(H,6,7). The van der Waals surface area contributed by atoms with Crippen LogP contribution in [0.25, 0.3) is 0 Å². The lowest BCUT2D eigenvalue weighted by Crippen LogP contribution is -2.36. The summed E-state index contributed by atoms with van der Waals surface area (Å²) >= 11 is 0. The fraction of sp³-hybridized carbons (Fsp3) is 0.429. The molecule has 5 nitrogen and oxygen atoms in total. The Labute approximate surface area is 129 Å². The molecule has 0 spiro atoms. The van der Waals surface area contributed by atoms with Crippen LogP contribution in [0.4, 0.5) is 17.6 Å². The van der Waals surface area contributed by atoms with E-state index in [0.717, 1.165) is 17.5 Å². The Bertz CT molecular complexity index is 576. The first-order chi connectivity index (χ1) is 10.6. The Balaban J connectivity index is 0.000000322. The largest absolute Gasteiger partial charge is 0.490 e. The van der Waals surface area contributed by atoms with Crippen molar-refractivity contribution in [3.63, 3.8) is 0 Å². The highest BCUT2D eigenvalue weighted by Crippen LogP contribution is 2.20. The number of carbonyl (C=O) groups excluding carboxylic acids is 1. The Hall–Kier alpha value is -2.16. The van der Waals surface area contributed by atoms with E-state index in [1.54, 1.807) is 17.0 Å². The van der Waals surface area contributed by atoms with Crippen molar-refractivity contribution in [2.75, 3.05) is 13.1 Å². The van der Waals surface area contributed by atoms with Crippen molar-refractivity contribution < 1.29 is 32.3 Å². The molecule has 9 heteroatoms. The first kappa shape index (κ1) is 18.9.